The van der Waals surface area contributed by atoms with Crippen LogP contribution in [0.15, 0.2) is 30.3 Å². The highest BCUT2D eigenvalue weighted by atomic mass is 19.1. The van der Waals surface area contributed by atoms with Crippen molar-refractivity contribution in [3.8, 4) is 0 Å². The first-order valence-corrected chi connectivity index (χ1v) is 7.74. The van der Waals surface area contributed by atoms with Crippen LogP contribution in [-0.4, -0.2) is 36.8 Å². The Balaban J connectivity index is 1.84. The topological polar surface area (TPSA) is 59.1 Å². The molecule has 0 saturated heterocycles. The Morgan fingerprint density at radius 3 is 2.61 bits per heavy atom. The molecule has 124 valence electrons. The fraction of sp³-hybridized carbons (Fsp3) is 0.412. The molecular weight excluding hydrogens is 295 g/mol. The zero-order valence-corrected chi connectivity index (χ0v) is 13.6. The standard InChI is InChI=1S/C17H23FN4O/c1-13-12-16(22-17(21-13)20-9-3-11-23-2)19-10-8-14-4-6-15(18)7-5-14/h4-7,12H,3,8-11H2,1-2H3,(H2,19,20,21,22). The van der Waals surface area contributed by atoms with Crippen molar-refractivity contribution in [1.29, 1.82) is 0 Å². The van der Waals surface area contributed by atoms with Crippen LogP contribution in [0.5, 0.6) is 0 Å². The molecule has 23 heavy (non-hydrogen) atoms. The average molecular weight is 318 g/mol. The fourth-order valence-corrected chi connectivity index (χ4v) is 2.14. The molecule has 0 aliphatic rings. The molecular formula is C17H23FN4O. The summed E-state index contributed by atoms with van der Waals surface area (Å²) in [6, 6.07) is 8.46. The van der Waals surface area contributed by atoms with Gasteiger partial charge in [0.05, 0.1) is 0 Å². The van der Waals surface area contributed by atoms with Gasteiger partial charge in [-0.25, -0.2) is 9.37 Å². The second kappa shape index (κ2) is 9.05. The van der Waals surface area contributed by atoms with Gasteiger partial charge in [0.25, 0.3) is 0 Å². The van der Waals surface area contributed by atoms with Crippen LogP contribution in [0.25, 0.3) is 0 Å². The predicted octanol–water partition coefficient (Wildman–Crippen LogP) is 3.03. The molecule has 0 saturated carbocycles. The third-order valence-electron chi connectivity index (χ3n) is 3.30. The third kappa shape index (κ3) is 6.20. The van der Waals surface area contributed by atoms with Gasteiger partial charge in [-0.3, -0.25) is 0 Å². The van der Waals surface area contributed by atoms with Crippen molar-refractivity contribution in [1.82, 2.24) is 9.97 Å². The Kier molecular flexibility index (Phi) is 6.75. The Morgan fingerprint density at radius 2 is 1.87 bits per heavy atom. The fourth-order valence-electron chi connectivity index (χ4n) is 2.14. The molecule has 0 bridgehead atoms. The number of rotatable bonds is 9. The normalized spacial score (nSPS) is 10.6. The van der Waals surface area contributed by atoms with Crippen LogP contribution in [0, 0.1) is 12.7 Å². The number of benzene rings is 1. The summed E-state index contributed by atoms with van der Waals surface area (Å²) in [5, 5.41) is 6.47. The van der Waals surface area contributed by atoms with E-state index in [4.69, 9.17) is 4.74 Å². The van der Waals surface area contributed by atoms with Gasteiger partial charge in [-0.05, 0) is 37.5 Å². The highest BCUT2D eigenvalue weighted by Gasteiger charge is 2.02. The maximum Gasteiger partial charge on any atom is 0.224 e. The van der Waals surface area contributed by atoms with Crippen molar-refractivity contribution in [2.45, 2.75) is 19.8 Å². The molecule has 1 heterocycles. The molecule has 0 radical (unpaired) electrons. The highest BCUT2D eigenvalue weighted by molar-refractivity contribution is 5.42. The van der Waals surface area contributed by atoms with E-state index in [0.29, 0.717) is 12.6 Å². The summed E-state index contributed by atoms with van der Waals surface area (Å²) in [5.74, 6) is 1.19. The molecule has 1 aromatic heterocycles. The lowest BCUT2D eigenvalue weighted by Crippen LogP contribution is -2.11. The number of anilines is 2. The molecule has 0 atom stereocenters. The molecule has 0 amide bonds. The number of nitrogens with one attached hydrogen (secondary N) is 2. The van der Waals surface area contributed by atoms with Crippen molar-refractivity contribution in [2.24, 2.45) is 0 Å². The number of hydrogen-bond acceptors (Lipinski definition) is 5. The SMILES string of the molecule is COCCCNc1nc(C)cc(NCCc2ccc(F)cc2)n1. The Hall–Kier alpha value is -2.21. The molecule has 0 fully saturated rings. The molecule has 0 unspecified atom stereocenters. The maximum atomic E-state index is 12.9. The number of halogens is 1. The van der Waals surface area contributed by atoms with Crippen LogP contribution in [-0.2, 0) is 11.2 Å². The van der Waals surface area contributed by atoms with Gasteiger partial charge >= 0.3 is 0 Å². The summed E-state index contributed by atoms with van der Waals surface area (Å²) < 4.78 is 17.9. The van der Waals surface area contributed by atoms with Gasteiger partial charge in [0, 0.05) is 38.6 Å². The van der Waals surface area contributed by atoms with Crippen molar-refractivity contribution in [2.75, 3.05) is 37.4 Å². The number of methoxy groups -OCH3 is 1. The molecule has 0 spiro atoms. The van der Waals surface area contributed by atoms with Gasteiger partial charge in [-0.1, -0.05) is 12.1 Å². The van der Waals surface area contributed by atoms with E-state index < -0.39 is 0 Å². The Labute approximate surface area is 136 Å². The second-order valence-electron chi connectivity index (χ2n) is 5.29. The maximum absolute atomic E-state index is 12.9. The van der Waals surface area contributed by atoms with Crippen LogP contribution < -0.4 is 10.6 Å². The van der Waals surface area contributed by atoms with E-state index in [1.54, 1.807) is 19.2 Å². The minimum Gasteiger partial charge on any atom is -0.385 e. The van der Waals surface area contributed by atoms with Gasteiger partial charge in [0.1, 0.15) is 11.6 Å². The Bertz CT molecular complexity index is 604. The molecule has 2 rings (SSSR count). The first-order valence-electron chi connectivity index (χ1n) is 7.74. The van der Waals surface area contributed by atoms with Gasteiger partial charge < -0.3 is 15.4 Å². The van der Waals surface area contributed by atoms with E-state index in [-0.39, 0.29) is 5.82 Å². The van der Waals surface area contributed by atoms with Crippen LogP contribution in [0.3, 0.4) is 0 Å². The van der Waals surface area contributed by atoms with Crippen LogP contribution in [0.2, 0.25) is 0 Å². The van der Waals surface area contributed by atoms with Crippen LogP contribution in [0.1, 0.15) is 17.7 Å². The quantitative estimate of drug-likeness (QED) is 0.696. The van der Waals surface area contributed by atoms with Crippen LogP contribution in [0.4, 0.5) is 16.2 Å². The van der Waals surface area contributed by atoms with E-state index in [2.05, 4.69) is 20.6 Å². The lowest BCUT2D eigenvalue weighted by Gasteiger charge is -2.10. The monoisotopic (exact) mass is 318 g/mol. The predicted molar refractivity (Wildman–Crippen MR) is 90.3 cm³/mol. The molecule has 5 nitrogen and oxygen atoms in total. The first kappa shape index (κ1) is 17.1. The summed E-state index contributed by atoms with van der Waals surface area (Å²) in [5.41, 5.74) is 1.99. The zero-order chi connectivity index (χ0) is 16.5. The van der Waals surface area contributed by atoms with E-state index in [1.165, 1.54) is 12.1 Å². The van der Waals surface area contributed by atoms with E-state index >= 15 is 0 Å². The first-order chi connectivity index (χ1) is 11.2. The summed E-state index contributed by atoms with van der Waals surface area (Å²) in [4.78, 5) is 8.81. The van der Waals surface area contributed by atoms with E-state index in [0.717, 1.165) is 43.0 Å². The van der Waals surface area contributed by atoms with Gasteiger partial charge in [0.2, 0.25) is 5.95 Å². The van der Waals surface area contributed by atoms with Crippen molar-refractivity contribution in [3.63, 3.8) is 0 Å². The number of ether oxygens (including phenoxy) is 1. The molecule has 2 aromatic rings. The van der Waals surface area contributed by atoms with E-state index in [9.17, 15) is 4.39 Å². The van der Waals surface area contributed by atoms with E-state index in [1.807, 2.05) is 13.0 Å². The third-order valence-corrected chi connectivity index (χ3v) is 3.30. The van der Waals surface area contributed by atoms with Crippen molar-refractivity contribution < 1.29 is 9.13 Å². The Morgan fingerprint density at radius 1 is 1.09 bits per heavy atom. The average Bonchev–Trinajstić information content (AvgIpc) is 2.53. The molecule has 2 N–H and O–H groups in total. The largest absolute Gasteiger partial charge is 0.385 e. The smallest absolute Gasteiger partial charge is 0.224 e. The molecule has 0 aliphatic carbocycles. The molecule has 0 aliphatic heterocycles. The van der Waals surface area contributed by atoms with Gasteiger partial charge in [-0.2, -0.15) is 4.98 Å². The number of aromatic nitrogens is 2. The molecule has 1 aromatic carbocycles. The van der Waals surface area contributed by atoms with Crippen molar-refractivity contribution >= 4 is 11.8 Å². The second-order valence-corrected chi connectivity index (χ2v) is 5.29. The van der Waals surface area contributed by atoms with Crippen LogP contribution >= 0.6 is 0 Å². The summed E-state index contributed by atoms with van der Waals surface area (Å²) in [7, 11) is 1.69. The zero-order valence-electron chi connectivity index (χ0n) is 13.6. The summed E-state index contributed by atoms with van der Waals surface area (Å²) in [6.45, 7) is 4.15. The number of hydrogen-bond donors (Lipinski definition) is 2. The molecule has 6 heteroatoms. The summed E-state index contributed by atoms with van der Waals surface area (Å²) >= 11 is 0. The van der Waals surface area contributed by atoms with Gasteiger partial charge in [-0.15, -0.1) is 0 Å². The minimum absolute atomic E-state index is 0.211. The number of nitrogens with zero attached hydrogens (tertiary/aromatic N) is 2. The lowest BCUT2D eigenvalue weighted by molar-refractivity contribution is 0.197. The summed E-state index contributed by atoms with van der Waals surface area (Å²) in [6.07, 6.45) is 1.71. The number of aryl methyl sites for hydroxylation is 1. The highest BCUT2D eigenvalue weighted by Crippen LogP contribution is 2.10. The lowest BCUT2D eigenvalue weighted by atomic mass is 10.1. The van der Waals surface area contributed by atoms with Gasteiger partial charge in [0.15, 0.2) is 0 Å². The van der Waals surface area contributed by atoms with Crippen molar-refractivity contribution in [3.05, 3.63) is 47.4 Å². The minimum atomic E-state index is -0.211.